The fourth-order valence-corrected chi connectivity index (χ4v) is 15.4. The number of hydrogen-bond donors (Lipinski definition) is 4. The van der Waals surface area contributed by atoms with Gasteiger partial charge in [0.1, 0.15) is 23.1 Å². The Morgan fingerprint density at radius 2 is 1.71 bits per heavy atom. The number of hydrogen-bond acceptors (Lipinski definition) is 15. The standard InChI is InChI=1S/C61H69F2N9O9S/c1-37-5-3-4-6-43(37)53-35-69(48-17-28-80-56-44(48)10-11-46(62)55(56)63)25-26-70(53)41-32-61(33-41)20-23-68(24-21-61)40-7-9-45(50(30-40)71-49-16-27-79-36-54(49)81-59-52(71)29-39-15-22-64-57(39)66-59)58(73)67-82(77,78)42-8-12-47(51(31-42)72(75)76)65-34-38-13-18-60(2,74)19-14-38/h3-12,15,22,29-31,38,41,48-49,53-54,65,74H,13-14,16-21,23-28,32-36H2,1-2H3,(H,64,66)(H,67,73)/t38?,48-,49+,53+,54+,60?/m1/s1. The van der Waals surface area contributed by atoms with E-state index in [0.717, 1.165) is 88.4 Å². The third kappa shape index (κ3) is 10.2. The molecule has 7 aliphatic rings. The Morgan fingerprint density at radius 1 is 0.902 bits per heavy atom. The van der Waals surface area contributed by atoms with Gasteiger partial charge in [-0.2, -0.15) is 9.37 Å². The summed E-state index contributed by atoms with van der Waals surface area (Å²) in [5.74, 6) is -2.18. The lowest BCUT2D eigenvalue weighted by Crippen LogP contribution is -2.60. The highest BCUT2D eigenvalue weighted by atomic mass is 32.2. The molecule has 5 aliphatic heterocycles. The van der Waals surface area contributed by atoms with Crippen LogP contribution in [-0.2, 0) is 14.8 Å². The van der Waals surface area contributed by atoms with Crippen LogP contribution >= 0.6 is 0 Å². The average molecular weight is 1140 g/mol. The largest absolute Gasteiger partial charge is 0.490 e. The van der Waals surface area contributed by atoms with Crippen molar-refractivity contribution in [2.24, 2.45) is 11.3 Å². The van der Waals surface area contributed by atoms with Crippen molar-refractivity contribution in [3.05, 3.63) is 135 Å². The smallest absolute Gasteiger partial charge is 0.293 e. The predicted molar refractivity (Wildman–Crippen MR) is 305 cm³/mol. The number of benzene rings is 4. The average Bonchev–Trinajstić information content (AvgIpc) is 2.87. The van der Waals surface area contributed by atoms with E-state index in [4.69, 9.17) is 19.2 Å². The number of carbonyl (C=O) groups excluding carboxylic acids is 1. The number of amides is 1. The van der Waals surface area contributed by atoms with Crippen LogP contribution in [0.4, 0.5) is 37.2 Å². The molecular formula is C61H69F2N9O9S. The van der Waals surface area contributed by atoms with Crippen LogP contribution in [0.15, 0.2) is 96.0 Å². The maximum absolute atomic E-state index is 15.0. The van der Waals surface area contributed by atoms with Crippen LogP contribution in [0.2, 0.25) is 0 Å². The second-order valence-corrected chi connectivity index (χ2v) is 25.8. The number of rotatable bonds is 12. The number of ether oxygens (including phenoxy) is 3. The number of H-pyrrole nitrogens is 1. The Labute approximate surface area is 475 Å². The molecule has 1 amide bonds. The topological polar surface area (TPSA) is 208 Å². The van der Waals surface area contributed by atoms with Gasteiger partial charge in [-0.1, -0.05) is 30.3 Å². The molecule has 13 rings (SSSR count). The normalized spacial score (nSPS) is 25.7. The molecule has 0 bridgehead atoms. The van der Waals surface area contributed by atoms with E-state index in [1.807, 2.05) is 31.2 Å². The first-order valence-electron chi connectivity index (χ1n) is 28.9. The Morgan fingerprint density at radius 3 is 2.50 bits per heavy atom. The molecule has 7 heterocycles. The van der Waals surface area contributed by atoms with Gasteiger partial charge < -0.3 is 39.4 Å². The molecule has 82 heavy (non-hydrogen) atoms. The number of nitro groups is 1. The van der Waals surface area contributed by atoms with Crippen molar-refractivity contribution in [1.29, 1.82) is 0 Å². The summed E-state index contributed by atoms with van der Waals surface area (Å²) in [4.78, 5) is 43.7. The van der Waals surface area contributed by atoms with Gasteiger partial charge in [-0.05, 0) is 143 Å². The Balaban J connectivity index is 0.756. The second-order valence-electron chi connectivity index (χ2n) is 24.2. The van der Waals surface area contributed by atoms with Gasteiger partial charge in [-0.15, -0.1) is 0 Å². The van der Waals surface area contributed by atoms with Crippen molar-refractivity contribution in [3.63, 3.8) is 0 Å². The monoisotopic (exact) mass is 1140 g/mol. The number of aliphatic hydroxyl groups is 1. The number of piperazine rings is 1. The Hall–Kier alpha value is -6.91. The quantitative estimate of drug-likeness (QED) is 0.0664. The number of nitrogens with one attached hydrogen (secondary N) is 3. The molecular weight excluding hydrogens is 1070 g/mol. The molecule has 21 heteroatoms. The van der Waals surface area contributed by atoms with Crippen LogP contribution in [0.25, 0.3) is 11.0 Å². The lowest BCUT2D eigenvalue weighted by Gasteiger charge is -2.59. The molecule has 3 saturated heterocycles. The molecule has 5 fully saturated rings. The number of halogens is 2. The summed E-state index contributed by atoms with van der Waals surface area (Å²) in [7, 11) is -4.66. The van der Waals surface area contributed by atoms with E-state index >= 15 is 4.39 Å². The minimum Gasteiger partial charge on any atom is -0.490 e. The predicted octanol–water partition coefficient (Wildman–Crippen LogP) is 9.85. The first-order valence-corrected chi connectivity index (χ1v) is 30.4. The number of fused-ring (bicyclic) bond motifs is 4. The zero-order valence-corrected chi connectivity index (χ0v) is 46.9. The van der Waals surface area contributed by atoms with Gasteiger partial charge in [0.15, 0.2) is 11.6 Å². The number of aromatic nitrogens is 2. The van der Waals surface area contributed by atoms with E-state index in [9.17, 15) is 32.8 Å². The highest BCUT2D eigenvalue weighted by Gasteiger charge is 2.51. The maximum Gasteiger partial charge on any atom is 0.293 e. The molecule has 6 aromatic rings. The first-order chi connectivity index (χ1) is 39.5. The Bertz CT molecular complexity index is 3560. The summed E-state index contributed by atoms with van der Waals surface area (Å²) in [6, 6.07) is 24.5. The molecule has 18 nitrogen and oxygen atoms in total. The van der Waals surface area contributed by atoms with Gasteiger partial charge in [0.25, 0.3) is 21.6 Å². The van der Waals surface area contributed by atoms with Crippen LogP contribution < -0.4 is 29.3 Å². The first kappa shape index (κ1) is 54.3. The van der Waals surface area contributed by atoms with Gasteiger partial charge in [0, 0.05) is 99.3 Å². The van der Waals surface area contributed by atoms with Gasteiger partial charge >= 0.3 is 0 Å². The number of aryl methyl sites for hydroxylation is 1. The SMILES string of the molecule is Cc1ccccc1[C@@H]1CN([C@@H]2CCOc3c2ccc(F)c3F)CCN1C1CC2(CCN(c3ccc(C(=O)NS(=O)(=O)c4ccc(NCC5CCC(C)(O)CC5)c([N+](=O)[O-])c4)c(N4c5cc6cc[nH]c6nc5O[C@H]5COCC[C@@H]54)c3)CC2)C1. The molecule has 4 atom stereocenters. The van der Waals surface area contributed by atoms with Crippen molar-refractivity contribution >= 4 is 55.4 Å². The molecule has 2 aromatic heterocycles. The van der Waals surface area contributed by atoms with E-state index in [-0.39, 0.29) is 53.1 Å². The number of anilines is 4. The fourth-order valence-electron chi connectivity index (χ4n) is 14.4. The molecule has 1 spiro atoms. The van der Waals surface area contributed by atoms with Crippen molar-refractivity contribution in [1.82, 2.24) is 24.5 Å². The van der Waals surface area contributed by atoms with Gasteiger partial charge in [-0.25, -0.2) is 17.5 Å². The number of carbonyl (C=O) groups is 1. The van der Waals surface area contributed by atoms with E-state index in [0.29, 0.717) is 79.9 Å². The van der Waals surface area contributed by atoms with Crippen molar-refractivity contribution < 1.29 is 46.2 Å². The number of aromatic amines is 1. The molecule has 0 radical (unpaired) electrons. The summed E-state index contributed by atoms with van der Waals surface area (Å²) in [5.41, 5.74) is 4.99. The third-order valence-corrected chi connectivity index (χ3v) is 20.4. The van der Waals surface area contributed by atoms with Gasteiger partial charge in [-0.3, -0.25) is 24.7 Å². The lowest BCUT2D eigenvalue weighted by atomic mass is 9.59. The van der Waals surface area contributed by atoms with Crippen LogP contribution in [0.3, 0.4) is 0 Å². The zero-order valence-electron chi connectivity index (χ0n) is 46.1. The molecule has 432 valence electrons. The number of nitro benzene ring substituents is 1. The van der Waals surface area contributed by atoms with E-state index in [1.165, 1.54) is 29.3 Å². The lowest BCUT2D eigenvalue weighted by molar-refractivity contribution is -0.384. The molecule has 4 aromatic carbocycles. The van der Waals surface area contributed by atoms with E-state index in [1.54, 1.807) is 18.3 Å². The third-order valence-electron chi connectivity index (χ3n) is 19.1. The highest BCUT2D eigenvalue weighted by molar-refractivity contribution is 7.90. The minimum absolute atomic E-state index is 0.0306. The summed E-state index contributed by atoms with van der Waals surface area (Å²) >= 11 is 0. The number of sulfonamides is 1. The van der Waals surface area contributed by atoms with Crippen molar-refractivity contribution in [2.75, 3.05) is 74.2 Å². The Kier molecular flexibility index (Phi) is 14.2. The molecule has 2 aliphatic carbocycles. The van der Waals surface area contributed by atoms with Gasteiger partial charge in [0.05, 0.1) is 45.9 Å². The fraction of sp³-hybridized carbons (Fsp3) is 0.475. The van der Waals surface area contributed by atoms with Gasteiger partial charge in [0.2, 0.25) is 11.7 Å². The highest BCUT2D eigenvalue weighted by Crippen LogP contribution is 2.54. The summed E-state index contributed by atoms with van der Waals surface area (Å²) in [5, 5.41) is 26.8. The van der Waals surface area contributed by atoms with E-state index in [2.05, 4.69) is 65.8 Å². The van der Waals surface area contributed by atoms with E-state index < -0.39 is 54.8 Å². The molecule has 2 saturated carbocycles. The molecule has 4 N–H and O–H groups in total. The summed E-state index contributed by atoms with van der Waals surface area (Å²) in [6.07, 6.45) is 9.32. The molecule has 0 unspecified atom stereocenters. The second kappa shape index (κ2) is 21.4. The number of nitrogens with zero attached hydrogens (tertiary/aromatic N) is 6. The van der Waals surface area contributed by atoms with Crippen LogP contribution in [-0.4, -0.2) is 127 Å². The van der Waals surface area contributed by atoms with Crippen LogP contribution in [0.1, 0.15) is 110 Å². The van der Waals surface area contributed by atoms with Crippen LogP contribution in [0.5, 0.6) is 11.6 Å². The summed E-state index contributed by atoms with van der Waals surface area (Å²) < 4.78 is 78.3. The van der Waals surface area contributed by atoms with Crippen molar-refractivity contribution in [2.45, 2.75) is 119 Å². The summed E-state index contributed by atoms with van der Waals surface area (Å²) in [6.45, 7) is 9.34. The number of pyridine rings is 1. The van der Waals surface area contributed by atoms with Crippen LogP contribution in [0, 0.1) is 40.0 Å². The van der Waals surface area contributed by atoms with Crippen molar-refractivity contribution in [3.8, 4) is 11.6 Å². The maximum atomic E-state index is 15.0. The zero-order chi connectivity index (χ0) is 56.7. The minimum atomic E-state index is -4.66. The number of piperidine rings is 1.